The molecule has 9 heteroatoms. The van der Waals surface area contributed by atoms with E-state index in [1.807, 2.05) is 6.92 Å². The number of carbonyl (C=O) groups excluding carboxylic acids is 1. The van der Waals surface area contributed by atoms with Gasteiger partial charge in [0.1, 0.15) is 5.69 Å². The van der Waals surface area contributed by atoms with Gasteiger partial charge in [0.15, 0.2) is 0 Å². The van der Waals surface area contributed by atoms with Gasteiger partial charge in [0.25, 0.3) is 5.56 Å². The minimum atomic E-state index is -3.28. The molecule has 2 heterocycles. The molecule has 1 aliphatic rings. The summed E-state index contributed by atoms with van der Waals surface area (Å²) in [6.07, 6.45) is 2.82. The van der Waals surface area contributed by atoms with Crippen molar-refractivity contribution < 1.29 is 13.2 Å². The number of hydrogen-bond acceptors (Lipinski definition) is 4. The van der Waals surface area contributed by atoms with Gasteiger partial charge in [0.05, 0.1) is 6.26 Å². The lowest BCUT2D eigenvalue weighted by atomic mass is 10.2. The van der Waals surface area contributed by atoms with Crippen LogP contribution in [-0.4, -0.2) is 60.2 Å². The van der Waals surface area contributed by atoms with Crippen molar-refractivity contribution >= 4 is 21.7 Å². The first-order chi connectivity index (χ1) is 10.7. The minimum absolute atomic E-state index is 0.220. The maximum absolute atomic E-state index is 12.3. The number of sulfonamides is 1. The molecule has 2 amide bonds. The molecule has 0 bridgehead atoms. The van der Waals surface area contributed by atoms with Crippen molar-refractivity contribution in [2.45, 2.75) is 26.4 Å². The molecule has 128 valence electrons. The summed E-state index contributed by atoms with van der Waals surface area (Å²) in [7, 11) is -3.28. The van der Waals surface area contributed by atoms with Crippen molar-refractivity contribution in [1.29, 1.82) is 0 Å². The fraction of sp³-hybridized carbons (Fsp3) is 0.571. The van der Waals surface area contributed by atoms with E-state index >= 15 is 0 Å². The van der Waals surface area contributed by atoms with Crippen molar-refractivity contribution in [1.82, 2.24) is 13.8 Å². The van der Waals surface area contributed by atoms with Crippen molar-refractivity contribution in [2.75, 3.05) is 31.2 Å². The first-order valence-electron chi connectivity index (χ1n) is 7.46. The number of amides is 2. The molecule has 0 unspecified atom stereocenters. The van der Waals surface area contributed by atoms with Crippen LogP contribution in [0.3, 0.4) is 0 Å². The van der Waals surface area contributed by atoms with E-state index in [1.165, 1.54) is 13.8 Å². The Hall–Kier alpha value is -1.87. The average molecular weight is 342 g/mol. The van der Waals surface area contributed by atoms with Gasteiger partial charge in [0, 0.05) is 38.4 Å². The molecule has 1 atom stereocenters. The first kappa shape index (κ1) is 17.5. The lowest BCUT2D eigenvalue weighted by molar-refractivity contribution is 0.157. The van der Waals surface area contributed by atoms with Gasteiger partial charge in [-0.1, -0.05) is 0 Å². The van der Waals surface area contributed by atoms with Crippen LogP contribution in [0.5, 0.6) is 0 Å². The van der Waals surface area contributed by atoms with Crippen LogP contribution in [0.2, 0.25) is 0 Å². The molecule has 1 aromatic heterocycles. The molecule has 1 aliphatic heterocycles. The summed E-state index contributed by atoms with van der Waals surface area (Å²) in [6, 6.07) is 2.57. The molecule has 1 saturated heterocycles. The second kappa shape index (κ2) is 6.71. The fourth-order valence-electron chi connectivity index (χ4n) is 2.69. The highest BCUT2D eigenvalue weighted by Gasteiger charge is 2.31. The molecule has 1 aromatic rings. The zero-order valence-electron chi connectivity index (χ0n) is 13.5. The maximum atomic E-state index is 12.3. The highest BCUT2D eigenvalue weighted by molar-refractivity contribution is 7.88. The summed E-state index contributed by atoms with van der Waals surface area (Å²) in [5, 5.41) is 2.61. The van der Waals surface area contributed by atoms with Crippen LogP contribution in [0.25, 0.3) is 0 Å². The quantitative estimate of drug-likeness (QED) is 0.859. The Morgan fingerprint density at radius 2 is 2.09 bits per heavy atom. The standard InChI is InChI=1S/C14H22N4O4S/c1-4-16-7-5-6-12(13(16)19)15-14(20)17-8-9-18(11(2)10-17)23(3,21)22/h5-7,11H,4,8-10H2,1-3H3,(H,15,20)/t11-/m0/s1. The third-order valence-electron chi connectivity index (χ3n) is 3.88. The lowest BCUT2D eigenvalue weighted by Crippen LogP contribution is -2.56. The molecule has 1 fully saturated rings. The Balaban J connectivity index is 2.07. The zero-order valence-corrected chi connectivity index (χ0v) is 14.3. The third-order valence-corrected chi connectivity index (χ3v) is 5.28. The number of rotatable bonds is 3. The van der Waals surface area contributed by atoms with Crippen LogP contribution < -0.4 is 10.9 Å². The molecule has 8 nitrogen and oxygen atoms in total. The van der Waals surface area contributed by atoms with E-state index in [1.54, 1.807) is 25.3 Å². The smallest absolute Gasteiger partial charge is 0.322 e. The number of aromatic nitrogens is 1. The molecule has 0 saturated carbocycles. The molecule has 0 spiro atoms. The Bertz CT molecular complexity index is 743. The second-order valence-electron chi connectivity index (χ2n) is 5.61. The number of urea groups is 1. The number of aryl methyl sites for hydroxylation is 1. The fourth-order valence-corrected chi connectivity index (χ4v) is 3.83. The van der Waals surface area contributed by atoms with E-state index in [4.69, 9.17) is 0 Å². The molecule has 0 aliphatic carbocycles. The summed E-state index contributed by atoms with van der Waals surface area (Å²) in [6.45, 7) is 4.95. The number of nitrogens with zero attached hydrogens (tertiary/aromatic N) is 3. The van der Waals surface area contributed by atoms with Crippen LogP contribution in [0.15, 0.2) is 23.1 Å². The van der Waals surface area contributed by atoms with Gasteiger partial charge in [-0.2, -0.15) is 4.31 Å². The van der Waals surface area contributed by atoms with Gasteiger partial charge in [-0.25, -0.2) is 13.2 Å². The third kappa shape index (κ3) is 3.91. The number of anilines is 1. The number of hydrogen-bond donors (Lipinski definition) is 1. The van der Waals surface area contributed by atoms with Crippen molar-refractivity contribution in [3.05, 3.63) is 28.7 Å². The minimum Gasteiger partial charge on any atom is -0.322 e. The Labute approximate surface area is 135 Å². The van der Waals surface area contributed by atoms with Crippen LogP contribution in [0.4, 0.5) is 10.5 Å². The van der Waals surface area contributed by atoms with Gasteiger partial charge >= 0.3 is 6.03 Å². The predicted molar refractivity (Wildman–Crippen MR) is 88.0 cm³/mol. The molecule has 23 heavy (non-hydrogen) atoms. The number of nitrogens with one attached hydrogen (secondary N) is 1. The normalized spacial score (nSPS) is 19.6. The molecule has 2 rings (SSSR count). The molecular formula is C14H22N4O4S. The number of carbonyl (C=O) groups is 1. The summed E-state index contributed by atoms with van der Waals surface area (Å²) >= 11 is 0. The molecular weight excluding hydrogens is 320 g/mol. The lowest BCUT2D eigenvalue weighted by Gasteiger charge is -2.38. The molecule has 0 aromatic carbocycles. The van der Waals surface area contributed by atoms with Crippen LogP contribution >= 0.6 is 0 Å². The van der Waals surface area contributed by atoms with E-state index in [2.05, 4.69) is 5.32 Å². The monoisotopic (exact) mass is 342 g/mol. The Morgan fingerprint density at radius 1 is 1.39 bits per heavy atom. The summed E-state index contributed by atoms with van der Waals surface area (Å²) in [5.74, 6) is 0. The number of pyridine rings is 1. The highest BCUT2D eigenvalue weighted by Crippen LogP contribution is 2.14. The Kier molecular flexibility index (Phi) is 5.10. The first-order valence-corrected chi connectivity index (χ1v) is 9.31. The van der Waals surface area contributed by atoms with E-state index in [0.717, 1.165) is 6.26 Å². The van der Waals surface area contributed by atoms with E-state index < -0.39 is 16.1 Å². The van der Waals surface area contributed by atoms with E-state index in [-0.39, 0.29) is 36.9 Å². The highest BCUT2D eigenvalue weighted by atomic mass is 32.2. The molecule has 0 radical (unpaired) electrons. The van der Waals surface area contributed by atoms with E-state index in [0.29, 0.717) is 6.54 Å². The summed E-state index contributed by atoms with van der Waals surface area (Å²) in [4.78, 5) is 26.0. The van der Waals surface area contributed by atoms with Gasteiger partial charge in [0.2, 0.25) is 10.0 Å². The van der Waals surface area contributed by atoms with Crippen LogP contribution in [0.1, 0.15) is 13.8 Å². The topological polar surface area (TPSA) is 91.7 Å². The maximum Gasteiger partial charge on any atom is 0.322 e. The SMILES string of the molecule is CCn1cccc(NC(=O)N2CCN(S(C)(=O)=O)[C@@H](C)C2)c1=O. The van der Waals surface area contributed by atoms with Crippen molar-refractivity contribution in [3.63, 3.8) is 0 Å². The average Bonchev–Trinajstić information content (AvgIpc) is 2.48. The largest absolute Gasteiger partial charge is 0.322 e. The second-order valence-corrected chi connectivity index (χ2v) is 7.55. The number of piperazine rings is 1. The summed E-state index contributed by atoms with van der Waals surface area (Å²) in [5.41, 5.74) is -0.0382. The van der Waals surface area contributed by atoms with Gasteiger partial charge < -0.3 is 14.8 Å². The van der Waals surface area contributed by atoms with Gasteiger partial charge in [-0.05, 0) is 26.0 Å². The predicted octanol–water partition coefficient (Wildman–Crippen LogP) is 0.366. The van der Waals surface area contributed by atoms with Gasteiger partial charge in [-0.3, -0.25) is 4.79 Å². The van der Waals surface area contributed by atoms with E-state index in [9.17, 15) is 18.0 Å². The van der Waals surface area contributed by atoms with Crippen LogP contribution in [-0.2, 0) is 16.6 Å². The van der Waals surface area contributed by atoms with Crippen LogP contribution in [0, 0.1) is 0 Å². The zero-order chi connectivity index (χ0) is 17.2. The van der Waals surface area contributed by atoms with Crippen molar-refractivity contribution in [3.8, 4) is 0 Å². The molecule has 1 N–H and O–H groups in total. The Morgan fingerprint density at radius 3 is 2.65 bits per heavy atom. The van der Waals surface area contributed by atoms with Crippen molar-refractivity contribution in [2.24, 2.45) is 0 Å². The van der Waals surface area contributed by atoms with Gasteiger partial charge in [-0.15, -0.1) is 0 Å². The summed E-state index contributed by atoms with van der Waals surface area (Å²) < 4.78 is 26.2.